The number of amides is 1. The molecule has 0 spiro atoms. The van der Waals surface area contributed by atoms with E-state index in [1.165, 1.54) is 12.1 Å². The summed E-state index contributed by atoms with van der Waals surface area (Å²) in [7, 11) is 0. The Kier molecular flexibility index (Phi) is 7.88. The van der Waals surface area contributed by atoms with Crippen molar-refractivity contribution in [3.05, 3.63) is 65.6 Å². The first-order chi connectivity index (χ1) is 18.0. The summed E-state index contributed by atoms with van der Waals surface area (Å²) in [5, 5.41) is 7.08. The van der Waals surface area contributed by atoms with Gasteiger partial charge in [-0.2, -0.15) is 0 Å². The van der Waals surface area contributed by atoms with Gasteiger partial charge in [-0.1, -0.05) is 17.7 Å². The molecule has 0 radical (unpaired) electrons. The van der Waals surface area contributed by atoms with Crippen LogP contribution in [0, 0.1) is 11.7 Å². The van der Waals surface area contributed by atoms with Crippen LogP contribution in [-0.4, -0.2) is 54.7 Å². The van der Waals surface area contributed by atoms with Crippen molar-refractivity contribution in [3.8, 4) is 5.75 Å². The number of hydrogen-bond donors (Lipinski definition) is 2. The molecule has 1 saturated carbocycles. The van der Waals surface area contributed by atoms with Crippen LogP contribution in [0.5, 0.6) is 5.75 Å². The standard InChI is InChI=1S/C28H30ClFN4O3/c1-18(34-10-12-36-13-11-34)2-7-28(35)33-26-15-21-24(32-20-5-6-23(30)22(29)14-20)8-9-31-25(21)16-27(26)37-17-19-3-4-19/h2,5-9,14-16,18-19H,3-4,10-13,17H2,1H3,(H,31,32)(H,33,35)/b7-2+. The van der Waals surface area contributed by atoms with Crippen LogP contribution in [-0.2, 0) is 9.53 Å². The topological polar surface area (TPSA) is 75.7 Å². The van der Waals surface area contributed by atoms with E-state index in [1.54, 1.807) is 18.3 Å². The number of halogens is 2. The van der Waals surface area contributed by atoms with E-state index < -0.39 is 5.82 Å². The first-order valence-electron chi connectivity index (χ1n) is 12.5. The molecule has 1 aliphatic heterocycles. The molecule has 1 aliphatic carbocycles. The largest absolute Gasteiger partial charge is 0.491 e. The minimum absolute atomic E-state index is 0.0326. The number of fused-ring (bicyclic) bond motifs is 1. The summed E-state index contributed by atoms with van der Waals surface area (Å²) in [6.45, 7) is 5.78. The first-order valence-corrected chi connectivity index (χ1v) is 12.9. The zero-order valence-electron chi connectivity index (χ0n) is 20.7. The summed E-state index contributed by atoms with van der Waals surface area (Å²) >= 11 is 5.96. The second kappa shape index (κ2) is 11.5. The summed E-state index contributed by atoms with van der Waals surface area (Å²) in [5.41, 5.74) is 2.65. The lowest BCUT2D eigenvalue weighted by molar-refractivity contribution is -0.112. The molecule has 1 atom stereocenters. The van der Waals surface area contributed by atoms with Gasteiger partial charge >= 0.3 is 0 Å². The minimum atomic E-state index is -0.481. The number of ether oxygens (including phenoxy) is 2. The second-order valence-electron chi connectivity index (χ2n) is 9.47. The van der Waals surface area contributed by atoms with Crippen molar-refractivity contribution in [2.45, 2.75) is 25.8 Å². The third-order valence-corrected chi connectivity index (χ3v) is 6.91. The molecule has 3 aromatic rings. The Morgan fingerprint density at radius 3 is 2.81 bits per heavy atom. The lowest BCUT2D eigenvalue weighted by Gasteiger charge is -2.30. The third-order valence-electron chi connectivity index (χ3n) is 6.62. The maximum Gasteiger partial charge on any atom is 0.248 e. The Bertz CT molecular complexity index is 1310. The van der Waals surface area contributed by atoms with E-state index in [4.69, 9.17) is 21.1 Å². The number of carbonyl (C=O) groups excluding carboxylic acids is 1. The summed E-state index contributed by atoms with van der Waals surface area (Å²) in [6.07, 6.45) is 7.47. The monoisotopic (exact) mass is 524 g/mol. The van der Waals surface area contributed by atoms with E-state index in [1.807, 2.05) is 24.3 Å². The van der Waals surface area contributed by atoms with E-state index in [-0.39, 0.29) is 17.0 Å². The molecule has 37 heavy (non-hydrogen) atoms. The van der Waals surface area contributed by atoms with Crippen LogP contribution >= 0.6 is 11.6 Å². The van der Waals surface area contributed by atoms with Crippen LogP contribution < -0.4 is 15.4 Å². The van der Waals surface area contributed by atoms with Gasteiger partial charge < -0.3 is 20.1 Å². The number of pyridine rings is 1. The van der Waals surface area contributed by atoms with Gasteiger partial charge in [0.1, 0.15) is 11.6 Å². The van der Waals surface area contributed by atoms with E-state index in [0.29, 0.717) is 48.4 Å². The van der Waals surface area contributed by atoms with Crippen molar-refractivity contribution in [3.63, 3.8) is 0 Å². The average Bonchev–Trinajstić information content (AvgIpc) is 3.74. The molecule has 2 aromatic carbocycles. The van der Waals surface area contributed by atoms with Crippen molar-refractivity contribution in [2.75, 3.05) is 43.5 Å². The van der Waals surface area contributed by atoms with Crippen molar-refractivity contribution < 1.29 is 18.7 Å². The molecule has 2 fully saturated rings. The molecule has 194 valence electrons. The minimum Gasteiger partial charge on any atom is -0.491 e. The molecule has 1 aromatic heterocycles. The summed E-state index contributed by atoms with van der Waals surface area (Å²) in [6, 6.07) is 10.1. The highest BCUT2D eigenvalue weighted by Gasteiger charge is 2.23. The zero-order chi connectivity index (χ0) is 25.8. The maximum atomic E-state index is 13.6. The summed E-state index contributed by atoms with van der Waals surface area (Å²) in [5.74, 6) is 0.416. The molecular weight excluding hydrogens is 495 g/mol. The number of hydrogen-bond acceptors (Lipinski definition) is 6. The van der Waals surface area contributed by atoms with Crippen molar-refractivity contribution >= 4 is 45.5 Å². The van der Waals surface area contributed by atoms with Gasteiger partial charge in [0.25, 0.3) is 0 Å². The number of benzene rings is 2. The number of carbonyl (C=O) groups is 1. The van der Waals surface area contributed by atoms with Crippen LogP contribution in [0.25, 0.3) is 10.9 Å². The molecule has 2 aliphatic rings. The number of nitrogens with zero attached hydrogens (tertiary/aromatic N) is 2. The highest BCUT2D eigenvalue weighted by Crippen LogP contribution is 2.36. The predicted octanol–water partition coefficient (Wildman–Crippen LogP) is 5.78. The second-order valence-corrected chi connectivity index (χ2v) is 9.88. The fourth-order valence-corrected chi connectivity index (χ4v) is 4.41. The van der Waals surface area contributed by atoms with Crippen molar-refractivity contribution in [2.24, 2.45) is 5.92 Å². The zero-order valence-corrected chi connectivity index (χ0v) is 21.4. The van der Waals surface area contributed by atoms with Gasteiger partial charge in [-0.3, -0.25) is 14.7 Å². The van der Waals surface area contributed by atoms with Crippen LogP contribution in [0.15, 0.2) is 54.7 Å². The SMILES string of the molecule is CC(/C=C/C(=O)Nc1cc2c(Nc3ccc(F)c(Cl)c3)ccnc2cc1OCC1CC1)N1CCOCC1. The van der Waals surface area contributed by atoms with Crippen LogP contribution in [0.2, 0.25) is 5.02 Å². The molecule has 5 rings (SSSR count). The smallest absolute Gasteiger partial charge is 0.248 e. The summed E-state index contributed by atoms with van der Waals surface area (Å²) in [4.78, 5) is 19.7. The maximum absolute atomic E-state index is 13.6. The quantitative estimate of drug-likeness (QED) is 0.346. The molecule has 9 heteroatoms. The number of anilines is 3. The molecule has 2 heterocycles. The van der Waals surface area contributed by atoms with Crippen LogP contribution in [0.3, 0.4) is 0 Å². The average molecular weight is 525 g/mol. The molecule has 1 amide bonds. The van der Waals surface area contributed by atoms with E-state index in [2.05, 4.69) is 27.4 Å². The first kappa shape index (κ1) is 25.4. The van der Waals surface area contributed by atoms with E-state index in [0.717, 1.165) is 37.0 Å². The summed E-state index contributed by atoms with van der Waals surface area (Å²) < 4.78 is 25.1. The predicted molar refractivity (Wildman–Crippen MR) is 144 cm³/mol. The Morgan fingerprint density at radius 1 is 1.24 bits per heavy atom. The number of rotatable bonds is 9. The van der Waals surface area contributed by atoms with Crippen LogP contribution in [0.1, 0.15) is 19.8 Å². The fourth-order valence-electron chi connectivity index (χ4n) is 4.23. The van der Waals surface area contributed by atoms with Gasteiger partial charge in [0.15, 0.2) is 0 Å². The lowest BCUT2D eigenvalue weighted by atomic mass is 10.1. The van der Waals surface area contributed by atoms with Gasteiger partial charge in [-0.25, -0.2) is 4.39 Å². The van der Waals surface area contributed by atoms with Crippen molar-refractivity contribution in [1.29, 1.82) is 0 Å². The molecule has 2 N–H and O–H groups in total. The highest BCUT2D eigenvalue weighted by atomic mass is 35.5. The van der Waals surface area contributed by atoms with Gasteiger partial charge in [-0.15, -0.1) is 0 Å². The highest BCUT2D eigenvalue weighted by molar-refractivity contribution is 6.31. The van der Waals surface area contributed by atoms with Gasteiger partial charge in [0, 0.05) is 54.2 Å². The van der Waals surface area contributed by atoms with E-state index in [9.17, 15) is 9.18 Å². The molecular formula is C28H30ClFN4O3. The number of nitrogens with one attached hydrogen (secondary N) is 2. The Balaban J connectivity index is 1.40. The molecule has 1 saturated heterocycles. The lowest BCUT2D eigenvalue weighted by Crippen LogP contribution is -2.41. The van der Waals surface area contributed by atoms with Crippen LogP contribution in [0.4, 0.5) is 21.5 Å². The Morgan fingerprint density at radius 2 is 2.05 bits per heavy atom. The normalized spacial score (nSPS) is 17.2. The number of aromatic nitrogens is 1. The molecule has 7 nitrogen and oxygen atoms in total. The van der Waals surface area contributed by atoms with Crippen molar-refractivity contribution in [1.82, 2.24) is 9.88 Å². The molecule has 1 unspecified atom stereocenters. The van der Waals surface area contributed by atoms with Gasteiger partial charge in [-0.05, 0) is 56.0 Å². The Labute approximate surface area is 220 Å². The Hall–Kier alpha value is -3.20. The van der Waals surface area contributed by atoms with Gasteiger partial charge in [0.2, 0.25) is 5.91 Å². The molecule has 0 bridgehead atoms. The van der Waals surface area contributed by atoms with E-state index >= 15 is 0 Å². The fraction of sp³-hybridized carbons (Fsp3) is 0.357. The third kappa shape index (κ3) is 6.57. The number of morpholine rings is 1. The van der Waals surface area contributed by atoms with Gasteiger partial charge in [0.05, 0.1) is 36.0 Å².